The number of hydrogen-bond donors (Lipinski definition) is 2. The fourth-order valence-electron chi connectivity index (χ4n) is 1.07. The number of nitrogen functional groups attached to an aromatic ring is 1. The summed E-state index contributed by atoms with van der Waals surface area (Å²) in [6, 6.07) is 3.12. The second-order valence-electron chi connectivity index (χ2n) is 3.00. The normalized spacial score (nSPS) is 11.2. The highest BCUT2D eigenvalue weighted by molar-refractivity contribution is 9.10. The highest BCUT2D eigenvalue weighted by atomic mass is 79.9. The zero-order valence-electron chi connectivity index (χ0n) is 8.25. The first-order valence-corrected chi connectivity index (χ1v) is 5.51. The van der Waals surface area contributed by atoms with Gasteiger partial charge in [-0.3, -0.25) is 0 Å². The molecule has 0 spiro atoms. The van der Waals surface area contributed by atoms with E-state index in [9.17, 15) is 5.11 Å². The first-order chi connectivity index (χ1) is 8.08. The molecule has 3 N–H and O–H groups in total. The van der Waals surface area contributed by atoms with Crippen LogP contribution in [0.2, 0.25) is 5.02 Å². The summed E-state index contributed by atoms with van der Waals surface area (Å²) in [6.45, 7) is 0. The number of benzene rings is 1. The van der Waals surface area contributed by atoms with Crippen LogP contribution in [0.4, 0.5) is 5.95 Å². The Labute approximate surface area is 109 Å². The van der Waals surface area contributed by atoms with Crippen molar-refractivity contribution >= 4 is 39.7 Å². The van der Waals surface area contributed by atoms with Crippen LogP contribution in [0.3, 0.4) is 0 Å². The maximum Gasteiger partial charge on any atom is 0.263 e. The van der Waals surface area contributed by atoms with Crippen LogP contribution in [0.5, 0.6) is 5.75 Å². The van der Waals surface area contributed by atoms with Gasteiger partial charge in [-0.1, -0.05) is 21.5 Å². The van der Waals surface area contributed by atoms with E-state index in [0.717, 1.165) is 4.79 Å². The molecule has 0 atom stereocenters. The Morgan fingerprint density at radius 2 is 2.29 bits per heavy atom. The Morgan fingerprint density at radius 3 is 2.94 bits per heavy atom. The Morgan fingerprint density at radius 1 is 1.53 bits per heavy atom. The number of aromatic nitrogens is 4. The van der Waals surface area contributed by atoms with Gasteiger partial charge >= 0.3 is 0 Å². The summed E-state index contributed by atoms with van der Waals surface area (Å²) >= 11 is 9.00. The molecule has 0 fully saturated rings. The zero-order valence-corrected chi connectivity index (χ0v) is 10.6. The summed E-state index contributed by atoms with van der Waals surface area (Å²) in [5, 5.41) is 24.3. The molecule has 88 valence electrons. The molecule has 17 heavy (non-hydrogen) atoms. The summed E-state index contributed by atoms with van der Waals surface area (Å²) in [5.74, 6) is 0.0617. The molecule has 0 aliphatic carbocycles. The van der Waals surface area contributed by atoms with Gasteiger partial charge in [0.05, 0.1) is 10.7 Å². The minimum absolute atomic E-state index is 0.0183. The molecule has 1 heterocycles. The number of aromatic hydroxyl groups is 1. The number of phenolic OH excluding ortho intramolecular Hbond substituents is 1. The van der Waals surface area contributed by atoms with E-state index < -0.39 is 0 Å². The van der Waals surface area contributed by atoms with Crippen molar-refractivity contribution in [3.05, 3.63) is 27.2 Å². The molecule has 2 aromatic rings. The van der Waals surface area contributed by atoms with E-state index in [-0.39, 0.29) is 11.7 Å². The van der Waals surface area contributed by atoms with Crippen LogP contribution in [0.25, 0.3) is 0 Å². The third kappa shape index (κ3) is 2.53. The van der Waals surface area contributed by atoms with E-state index >= 15 is 0 Å². The summed E-state index contributed by atoms with van der Waals surface area (Å²) in [5.41, 5.74) is 5.83. The lowest BCUT2D eigenvalue weighted by molar-refractivity contribution is 0.471. The van der Waals surface area contributed by atoms with Crippen LogP contribution >= 0.6 is 27.5 Å². The second kappa shape index (κ2) is 4.68. The minimum Gasteiger partial charge on any atom is -0.506 e. The average Bonchev–Trinajstić information content (AvgIpc) is 2.67. The van der Waals surface area contributed by atoms with Gasteiger partial charge in [0, 0.05) is 10.6 Å². The third-order valence-electron chi connectivity index (χ3n) is 1.84. The van der Waals surface area contributed by atoms with E-state index in [2.05, 4.69) is 36.6 Å². The molecule has 1 aromatic heterocycles. The Bertz CT molecular complexity index is 583. The van der Waals surface area contributed by atoms with Crippen LogP contribution in [0.15, 0.2) is 21.7 Å². The van der Waals surface area contributed by atoms with Gasteiger partial charge in [-0.05, 0) is 38.5 Å². The van der Waals surface area contributed by atoms with Crippen LogP contribution in [-0.4, -0.2) is 31.6 Å². The van der Waals surface area contributed by atoms with E-state index in [1.807, 2.05) is 0 Å². The standard InChI is InChI=1S/C8H6BrClN6O/c9-6-2-5(10)1-4(7(6)17)3-12-16-8(11)13-14-15-16/h1-3,17H,(H2,11,13,15). The summed E-state index contributed by atoms with van der Waals surface area (Å²) < 4.78 is 0.469. The molecular weight excluding hydrogens is 311 g/mol. The quantitative estimate of drug-likeness (QED) is 0.812. The van der Waals surface area contributed by atoms with Gasteiger partial charge in [0.15, 0.2) is 0 Å². The molecule has 0 unspecified atom stereocenters. The first kappa shape index (κ1) is 11.8. The van der Waals surface area contributed by atoms with Gasteiger partial charge < -0.3 is 10.8 Å². The van der Waals surface area contributed by atoms with Crippen LogP contribution in [-0.2, 0) is 0 Å². The Hall–Kier alpha value is -1.67. The van der Waals surface area contributed by atoms with E-state index in [1.165, 1.54) is 6.21 Å². The first-order valence-electron chi connectivity index (χ1n) is 4.34. The molecule has 0 bridgehead atoms. The second-order valence-corrected chi connectivity index (χ2v) is 4.29. The maximum atomic E-state index is 9.73. The minimum atomic E-state index is 0.0183. The maximum absolute atomic E-state index is 9.73. The largest absolute Gasteiger partial charge is 0.506 e. The lowest BCUT2D eigenvalue weighted by Gasteiger charge is -2.02. The van der Waals surface area contributed by atoms with Crippen molar-refractivity contribution in [3.8, 4) is 5.75 Å². The van der Waals surface area contributed by atoms with Gasteiger partial charge in [0.1, 0.15) is 5.75 Å². The van der Waals surface area contributed by atoms with Crippen LogP contribution in [0, 0.1) is 0 Å². The molecule has 2 rings (SSSR count). The molecule has 0 saturated heterocycles. The molecule has 0 saturated carbocycles. The number of halogens is 2. The van der Waals surface area contributed by atoms with E-state index in [1.54, 1.807) is 12.1 Å². The van der Waals surface area contributed by atoms with Gasteiger partial charge in [-0.15, -0.1) is 0 Å². The number of phenols is 1. The number of nitrogens with zero attached hydrogens (tertiary/aromatic N) is 5. The fraction of sp³-hybridized carbons (Fsp3) is 0. The van der Waals surface area contributed by atoms with Crippen LogP contribution in [0.1, 0.15) is 5.56 Å². The van der Waals surface area contributed by atoms with E-state index in [4.69, 9.17) is 17.3 Å². The molecule has 0 aliphatic heterocycles. The van der Waals surface area contributed by atoms with Crippen molar-refractivity contribution in [1.29, 1.82) is 0 Å². The van der Waals surface area contributed by atoms with E-state index in [0.29, 0.717) is 15.1 Å². The SMILES string of the molecule is Nc1nnnn1N=Cc1cc(Cl)cc(Br)c1O. The molecule has 0 amide bonds. The molecular formula is C8H6BrClN6O. The lowest BCUT2D eigenvalue weighted by Crippen LogP contribution is -1.99. The van der Waals surface area contributed by atoms with Crippen molar-refractivity contribution in [1.82, 2.24) is 20.3 Å². The van der Waals surface area contributed by atoms with Gasteiger partial charge in [-0.2, -0.15) is 5.10 Å². The highest BCUT2D eigenvalue weighted by Crippen LogP contribution is 2.30. The number of tetrazole rings is 1. The fourth-order valence-corrected chi connectivity index (χ4v) is 1.91. The predicted octanol–water partition coefficient (Wildman–Crippen LogP) is 1.26. The molecule has 0 radical (unpaired) electrons. The summed E-state index contributed by atoms with van der Waals surface area (Å²) in [6.07, 6.45) is 1.35. The van der Waals surface area contributed by atoms with Crippen molar-refractivity contribution in [2.24, 2.45) is 5.10 Å². The van der Waals surface area contributed by atoms with Crippen molar-refractivity contribution in [2.45, 2.75) is 0 Å². The van der Waals surface area contributed by atoms with Crippen molar-refractivity contribution in [3.63, 3.8) is 0 Å². The molecule has 9 heteroatoms. The molecule has 0 aliphatic rings. The Balaban J connectivity index is 2.37. The topological polar surface area (TPSA) is 102 Å². The summed E-state index contributed by atoms with van der Waals surface area (Å²) in [7, 11) is 0. The van der Waals surface area contributed by atoms with Crippen LogP contribution < -0.4 is 5.73 Å². The van der Waals surface area contributed by atoms with Crippen molar-refractivity contribution < 1.29 is 5.11 Å². The number of nitrogens with two attached hydrogens (primary N) is 1. The third-order valence-corrected chi connectivity index (χ3v) is 2.66. The zero-order chi connectivity index (χ0) is 12.4. The monoisotopic (exact) mass is 316 g/mol. The van der Waals surface area contributed by atoms with Gasteiger partial charge in [0.2, 0.25) is 0 Å². The predicted molar refractivity (Wildman–Crippen MR) is 66.0 cm³/mol. The molecule has 7 nitrogen and oxygen atoms in total. The molecule has 1 aromatic carbocycles. The Kier molecular flexibility index (Phi) is 3.25. The number of rotatable bonds is 2. The number of anilines is 1. The highest BCUT2D eigenvalue weighted by Gasteiger charge is 2.06. The summed E-state index contributed by atoms with van der Waals surface area (Å²) in [4.78, 5) is 1.02. The smallest absolute Gasteiger partial charge is 0.263 e. The number of hydrogen-bond acceptors (Lipinski definition) is 6. The van der Waals surface area contributed by atoms with Gasteiger partial charge in [0.25, 0.3) is 5.95 Å². The van der Waals surface area contributed by atoms with Gasteiger partial charge in [-0.25, -0.2) is 0 Å². The van der Waals surface area contributed by atoms with Crippen molar-refractivity contribution in [2.75, 3.05) is 5.73 Å². The average molecular weight is 318 g/mol. The lowest BCUT2D eigenvalue weighted by atomic mass is 10.2.